The lowest BCUT2D eigenvalue weighted by atomic mass is 10.0. The van der Waals surface area contributed by atoms with Crippen molar-refractivity contribution in [3.8, 4) is 0 Å². The van der Waals surface area contributed by atoms with E-state index in [1.165, 1.54) is 51.9 Å². The number of aromatic nitrogens is 4. The van der Waals surface area contributed by atoms with Crippen LogP contribution in [0.3, 0.4) is 0 Å². The summed E-state index contributed by atoms with van der Waals surface area (Å²) in [5, 5.41) is 2.77. The molecule has 0 aliphatic heterocycles. The molecule has 0 radical (unpaired) electrons. The summed E-state index contributed by atoms with van der Waals surface area (Å²) < 4.78 is 6.42. The van der Waals surface area contributed by atoms with E-state index in [0.717, 1.165) is 19.3 Å². The zero-order chi connectivity index (χ0) is 21.1. The zero-order valence-electron chi connectivity index (χ0n) is 17.4. The monoisotopic (exact) mass is 404 g/mol. The number of carbonyl (C=O) groups excluding carboxylic acids is 2. The van der Waals surface area contributed by atoms with Gasteiger partial charge in [0.05, 0.1) is 13.4 Å². The molecule has 29 heavy (non-hydrogen) atoms. The van der Waals surface area contributed by atoms with Gasteiger partial charge in [0.1, 0.15) is 24.4 Å². The minimum atomic E-state index is -0.651. The number of nitrogens with two attached hydrogens (primary N) is 1. The quantitative estimate of drug-likeness (QED) is 0.388. The Morgan fingerprint density at radius 3 is 2.48 bits per heavy atom. The van der Waals surface area contributed by atoms with Crippen LogP contribution in [-0.2, 0) is 20.9 Å². The molecule has 0 aliphatic carbocycles. The number of nitrogens with one attached hydrogen (secondary N) is 1. The molecule has 3 N–H and O–H groups in total. The van der Waals surface area contributed by atoms with Crippen LogP contribution in [-0.4, -0.2) is 44.5 Å². The third-order valence-electron chi connectivity index (χ3n) is 4.91. The summed E-state index contributed by atoms with van der Waals surface area (Å²) in [5.74, 6) is -0.476. The van der Waals surface area contributed by atoms with Crippen molar-refractivity contribution in [2.75, 3.05) is 12.8 Å². The summed E-state index contributed by atoms with van der Waals surface area (Å²) in [4.78, 5) is 36.7. The van der Waals surface area contributed by atoms with Gasteiger partial charge in [-0.1, -0.05) is 58.3 Å². The first-order chi connectivity index (χ1) is 14.1. The van der Waals surface area contributed by atoms with Gasteiger partial charge in [-0.15, -0.1) is 0 Å². The van der Waals surface area contributed by atoms with E-state index in [1.807, 2.05) is 0 Å². The molecule has 160 valence electrons. The third-order valence-corrected chi connectivity index (χ3v) is 4.91. The van der Waals surface area contributed by atoms with Crippen LogP contribution in [0.5, 0.6) is 0 Å². The number of unbranched alkanes of at least 4 members (excludes halogenated alkanes) is 7. The van der Waals surface area contributed by atoms with Crippen LogP contribution >= 0.6 is 0 Å². The molecule has 0 fully saturated rings. The average Bonchev–Trinajstić information content (AvgIpc) is 3.12. The van der Waals surface area contributed by atoms with E-state index in [4.69, 9.17) is 10.5 Å². The van der Waals surface area contributed by atoms with Crippen molar-refractivity contribution in [2.24, 2.45) is 0 Å². The molecule has 1 atom stereocenters. The number of rotatable bonds is 13. The largest absolute Gasteiger partial charge is 0.467 e. The summed E-state index contributed by atoms with van der Waals surface area (Å²) in [6, 6.07) is -0.651. The number of nitrogen functional groups attached to an aromatic ring is 1. The Hall–Kier alpha value is -2.71. The topological polar surface area (TPSA) is 125 Å². The summed E-state index contributed by atoms with van der Waals surface area (Å²) in [5.41, 5.74) is 6.69. The molecule has 0 aromatic carbocycles. The standard InChI is InChI=1S/C20H32N6O3/c1-3-4-5-6-7-8-9-10-11-15(20(28)29-2)25-16(27)12-26-14-24-17-18(21)22-13-23-19(17)26/h13-15H,3-12H2,1-2H3,(H,25,27)(H2,21,22,23). The molecule has 9 heteroatoms. The van der Waals surface area contributed by atoms with Crippen molar-refractivity contribution in [2.45, 2.75) is 77.3 Å². The Bertz CT molecular complexity index is 792. The predicted molar refractivity (Wildman–Crippen MR) is 111 cm³/mol. The highest BCUT2D eigenvalue weighted by Crippen LogP contribution is 2.14. The van der Waals surface area contributed by atoms with Crippen molar-refractivity contribution < 1.29 is 14.3 Å². The number of esters is 1. The normalized spacial score (nSPS) is 12.1. The van der Waals surface area contributed by atoms with Crippen molar-refractivity contribution in [3.63, 3.8) is 0 Å². The Morgan fingerprint density at radius 2 is 1.79 bits per heavy atom. The van der Waals surface area contributed by atoms with Gasteiger partial charge in [-0.25, -0.2) is 19.7 Å². The molecule has 0 saturated carbocycles. The van der Waals surface area contributed by atoms with Gasteiger partial charge in [-0.05, 0) is 6.42 Å². The molecule has 0 bridgehead atoms. The van der Waals surface area contributed by atoms with Crippen molar-refractivity contribution in [1.82, 2.24) is 24.8 Å². The fourth-order valence-electron chi connectivity index (χ4n) is 3.28. The number of hydrogen-bond donors (Lipinski definition) is 2. The maximum absolute atomic E-state index is 12.5. The summed E-state index contributed by atoms with van der Waals surface area (Å²) in [6.07, 6.45) is 12.7. The van der Waals surface area contributed by atoms with Crippen LogP contribution in [0.2, 0.25) is 0 Å². The van der Waals surface area contributed by atoms with Crippen LogP contribution in [0.4, 0.5) is 5.82 Å². The van der Waals surface area contributed by atoms with Gasteiger partial charge in [0.2, 0.25) is 5.91 Å². The highest BCUT2D eigenvalue weighted by Gasteiger charge is 2.21. The highest BCUT2D eigenvalue weighted by atomic mass is 16.5. The molecule has 0 spiro atoms. The Kier molecular flexibility index (Phi) is 9.33. The van der Waals surface area contributed by atoms with Gasteiger partial charge < -0.3 is 20.4 Å². The minimum absolute atomic E-state index is 0.0160. The number of methoxy groups -OCH3 is 1. The van der Waals surface area contributed by atoms with E-state index in [0.29, 0.717) is 17.6 Å². The second-order valence-corrected chi connectivity index (χ2v) is 7.21. The van der Waals surface area contributed by atoms with E-state index in [-0.39, 0.29) is 18.3 Å². The molecule has 2 aromatic heterocycles. The molecule has 1 unspecified atom stereocenters. The first kappa shape index (κ1) is 22.6. The van der Waals surface area contributed by atoms with E-state index < -0.39 is 12.0 Å². The van der Waals surface area contributed by atoms with Gasteiger partial charge >= 0.3 is 5.97 Å². The number of anilines is 1. The molecule has 0 aliphatic rings. The number of carbonyl (C=O) groups is 2. The predicted octanol–water partition coefficient (Wildman–Crippen LogP) is 2.60. The highest BCUT2D eigenvalue weighted by molar-refractivity contribution is 5.86. The molecular weight excluding hydrogens is 372 g/mol. The van der Waals surface area contributed by atoms with Gasteiger partial charge in [-0.2, -0.15) is 0 Å². The number of fused-ring (bicyclic) bond motifs is 1. The zero-order valence-corrected chi connectivity index (χ0v) is 17.4. The fourth-order valence-corrected chi connectivity index (χ4v) is 3.28. The summed E-state index contributed by atoms with van der Waals surface area (Å²) >= 11 is 0. The molecule has 9 nitrogen and oxygen atoms in total. The average molecular weight is 405 g/mol. The second-order valence-electron chi connectivity index (χ2n) is 7.21. The Labute approximate surface area is 171 Å². The lowest BCUT2D eigenvalue weighted by molar-refractivity contribution is -0.145. The smallest absolute Gasteiger partial charge is 0.328 e. The molecule has 2 rings (SSSR count). The number of ether oxygens (including phenoxy) is 1. The van der Waals surface area contributed by atoms with Crippen LogP contribution in [0.15, 0.2) is 12.7 Å². The summed E-state index contributed by atoms with van der Waals surface area (Å²) in [6.45, 7) is 2.19. The minimum Gasteiger partial charge on any atom is -0.467 e. The van der Waals surface area contributed by atoms with E-state index >= 15 is 0 Å². The number of imidazole rings is 1. The van der Waals surface area contributed by atoms with Crippen LogP contribution in [0, 0.1) is 0 Å². The lowest BCUT2D eigenvalue weighted by Crippen LogP contribution is -2.42. The van der Waals surface area contributed by atoms with Crippen molar-refractivity contribution in [1.29, 1.82) is 0 Å². The third kappa shape index (κ3) is 6.99. The number of nitrogens with zero attached hydrogens (tertiary/aromatic N) is 4. The van der Waals surface area contributed by atoms with Gasteiger partial charge in [0, 0.05) is 0 Å². The second kappa shape index (κ2) is 12.0. The van der Waals surface area contributed by atoms with Crippen molar-refractivity contribution in [3.05, 3.63) is 12.7 Å². The van der Waals surface area contributed by atoms with Crippen LogP contribution in [0.25, 0.3) is 11.2 Å². The van der Waals surface area contributed by atoms with Gasteiger partial charge in [0.25, 0.3) is 0 Å². The Balaban J connectivity index is 1.81. The van der Waals surface area contributed by atoms with Crippen molar-refractivity contribution >= 4 is 28.9 Å². The molecular formula is C20H32N6O3. The van der Waals surface area contributed by atoms with E-state index in [1.54, 1.807) is 4.57 Å². The molecule has 2 aromatic rings. The fraction of sp³-hybridized carbons (Fsp3) is 0.650. The van der Waals surface area contributed by atoms with Crippen LogP contribution in [0.1, 0.15) is 64.7 Å². The van der Waals surface area contributed by atoms with Crippen LogP contribution < -0.4 is 11.1 Å². The van der Waals surface area contributed by atoms with E-state index in [2.05, 4.69) is 27.2 Å². The maximum Gasteiger partial charge on any atom is 0.328 e. The first-order valence-corrected chi connectivity index (χ1v) is 10.3. The van der Waals surface area contributed by atoms with Gasteiger partial charge in [-0.3, -0.25) is 4.79 Å². The molecule has 1 amide bonds. The summed E-state index contributed by atoms with van der Waals surface area (Å²) in [7, 11) is 1.33. The molecule has 2 heterocycles. The maximum atomic E-state index is 12.5. The van der Waals surface area contributed by atoms with Gasteiger partial charge in [0.15, 0.2) is 11.5 Å². The lowest BCUT2D eigenvalue weighted by Gasteiger charge is -2.16. The Morgan fingerprint density at radius 1 is 1.10 bits per heavy atom. The number of hydrogen-bond acceptors (Lipinski definition) is 7. The number of amides is 1. The first-order valence-electron chi connectivity index (χ1n) is 10.3. The SMILES string of the molecule is CCCCCCCCCCC(NC(=O)Cn1cnc2c(N)ncnc21)C(=O)OC. The van der Waals surface area contributed by atoms with E-state index in [9.17, 15) is 9.59 Å². The molecule has 0 saturated heterocycles.